The summed E-state index contributed by atoms with van der Waals surface area (Å²) in [5, 5.41) is 2.95. The largest absolute Gasteiger partial charge is 0.367 e. The van der Waals surface area contributed by atoms with Crippen LogP contribution in [0.3, 0.4) is 0 Å². The van der Waals surface area contributed by atoms with Gasteiger partial charge < -0.3 is 5.32 Å². The number of rotatable bonds is 7. The third-order valence-electron chi connectivity index (χ3n) is 2.91. The van der Waals surface area contributed by atoms with Crippen LogP contribution in [0.2, 0.25) is 0 Å². The van der Waals surface area contributed by atoms with E-state index < -0.39 is 11.6 Å². The number of aromatic nitrogens is 1. The van der Waals surface area contributed by atoms with Crippen LogP contribution in [-0.4, -0.2) is 11.5 Å². The van der Waals surface area contributed by atoms with Crippen molar-refractivity contribution in [3.63, 3.8) is 0 Å². The lowest BCUT2D eigenvalue weighted by atomic mass is 9.99. The maximum absolute atomic E-state index is 13.3. The third kappa shape index (κ3) is 4.67. The molecule has 0 bridgehead atoms. The molecule has 4 heteroatoms. The Bertz CT molecular complexity index is 342. The Labute approximate surface area is 101 Å². The number of hydrogen-bond acceptors (Lipinski definition) is 2. The van der Waals surface area contributed by atoms with E-state index >= 15 is 0 Å². The smallest absolute Gasteiger partial charge is 0.168 e. The Hall–Kier alpha value is -1.19. The van der Waals surface area contributed by atoms with Gasteiger partial charge in [0.2, 0.25) is 0 Å². The lowest BCUT2D eigenvalue weighted by molar-refractivity contribution is 0.470. The predicted octanol–water partition coefficient (Wildman–Crippen LogP) is 3.99. The number of nitrogens with zero attached hydrogens (tertiary/aromatic N) is 1. The third-order valence-corrected chi connectivity index (χ3v) is 2.91. The molecule has 1 unspecified atom stereocenters. The predicted molar refractivity (Wildman–Crippen MR) is 65.9 cm³/mol. The molecule has 0 aliphatic carbocycles. The van der Waals surface area contributed by atoms with Crippen molar-refractivity contribution in [1.29, 1.82) is 0 Å². The number of unbranched alkanes of at least 4 members (excludes halogenated alkanes) is 1. The average molecular weight is 242 g/mol. The van der Waals surface area contributed by atoms with Crippen molar-refractivity contribution in [3.8, 4) is 0 Å². The fraction of sp³-hybridized carbons (Fsp3) is 0.615. The highest BCUT2D eigenvalue weighted by atomic mass is 19.1. The maximum atomic E-state index is 13.3. The number of nitrogens with one attached hydrogen (secondary N) is 1. The minimum Gasteiger partial charge on any atom is -0.367 e. The van der Waals surface area contributed by atoms with Crippen LogP contribution in [0.4, 0.5) is 14.6 Å². The second-order valence-electron chi connectivity index (χ2n) is 4.28. The van der Waals surface area contributed by atoms with Gasteiger partial charge in [0.15, 0.2) is 11.6 Å². The summed E-state index contributed by atoms with van der Waals surface area (Å²) < 4.78 is 25.9. The highest BCUT2D eigenvalue weighted by molar-refractivity contribution is 5.35. The van der Waals surface area contributed by atoms with Crippen molar-refractivity contribution < 1.29 is 8.78 Å². The molecule has 1 atom stereocenters. The Morgan fingerprint density at radius 2 is 2.12 bits per heavy atom. The molecule has 0 saturated carbocycles. The van der Waals surface area contributed by atoms with Gasteiger partial charge in [0.05, 0.1) is 6.20 Å². The molecule has 1 heterocycles. The average Bonchev–Trinajstić information content (AvgIpc) is 2.31. The SMILES string of the molecule is CCCCC(CC)CNc1ncc(F)cc1F. The molecule has 1 aromatic heterocycles. The van der Waals surface area contributed by atoms with Crippen molar-refractivity contribution >= 4 is 5.82 Å². The molecule has 0 spiro atoms. The van der Waals surface area contributed by atoms with Gasteiger partial charge in [0.1, 0.15) is 5.82 Å². The minimum absolute atomic E-state index is 0.140. The summed E-state index contributed by atoms with van der Waals surface area (Å²) in [6.07, 6.45) is 5.55. The summed E-state index contributed by atoms with van der Waals surface area (Å²) in [5.41, 5.74) is 0. The Morgan fingerprint density at radius 1 is 1.35 bits per heavy atom. The molecule has 0 aromatic carbocycles. The molecule has 0 radical (unpaired) electrons. The molecule has 1 aromatic rings. The van der Waals surface area contributed by atoms with E-state index in [2.05, 4.69) is 24.1 Å². The van der Waals surface area contributed by atoms with E-state index in [0.717, 1.165) is 25.1 Å². The van der Waals surface area contributed by atoms with Gasteiger partial charge >= 0.3 is 0 Å². The van der Waals surface area contributed by atoms with Gasteiger partial charge in [-0.25, -0.2) is 13.8 Å². The number of hydrogen-bond donors (Lipinski definition) is 1. The standard InChI is InChI=1S/C13H20F2N2/c1-3-5-6-10(4-2)8-16-13-12(15)7-11(14)9-17-13/h7,9-10H,3-6,8H2,1-2H3,(H,16,17). The molecular formula is C13H20F2N2. The molecule has 0 aliphatic rings. The van der Waals surface area contributed by atoms with Crippen molar-refractivity contribution in [1.82, 2.24) is 4.98 Å². The van der Waals surface area contributed by atoms with Gasteiger partial charge in [0.25, 0.3) is 0 Å². The van der Waals surface area contributed by atoms with E-state index in [9.17, 15) is 8.78 Å². The van der Waals surface area contributed by atoms with Crippen LogP contribution in [0.25, 0.3) is 0 Å². The van der Waals surface area contributed by atoms with Gasteiger partial charge in [-0.15, -0.1) is 0 Å². The van der Waals surface area contributed by atoms with Gasteiger partial charge in [-0.3, -0.25) is 0 Å². The quantitative estimate of drug-likeness (QED) is 0.782. The van der Waals surface area contributed by atoms with Gasteiger partial charge in [-0.2, -0.15) is 0 Å². The van der Waals surface area contributed by atoms with E-state index in [1.807, 2.05) is 0 Å². The van der Waals surface area contributed by atoms with Crippen LogP contribution in [0.5, 0.6) is 0 Å². The van der Waals surface area contributed by atoms with Crippen LogP contribution in [0.15, 0.2) is 12.3 Å². The van der Waals surface area contributed by atoms with Crippen LogP contribution in [0.1, 0.15) is 39.5 Å². The van der Waals surface area contributed by atoms with E-state index in [-0.39, 0.29) is 5.82 Å². The molecule has 0 saturated heterocycles. The highest BCUT2D eigenvalue weighted by Crippen LogP contribution is 2.16. The fourth-order valence-electron chi connectivity index (χ4n) is 1.73. The molecule has 0 fully saturated rings. The second-order valence-corrected chi connectivity index (χ2v) is 4.28. The first kappa shape index (κ1) is 13.9. The fourth-order valence-corrected chi connectivity index (χ4v) is 1.73. The first-order chi connectivity index (χ1) is 8.17. The zero-order valence-electron chi connectivity index (χ0n) is 10.5. The van der Waals surface area contributed by atoms with E-state index in [4.69, 9.17) is 0 Å². The molecule has 96 valence electrons. The first-order valence-electron chi connectivity index (χ1n) is 6.22. The summed E-state index contributed by atoms with van der Waals surface area (Å²) >= 11 is 0. The van der Waals surface area contributed by atoms with Crippen molar-refractivity contribution in [2.45, 2.75) is 39.5 Å². The van der Waals surface area contributed by atoms with Crippen molar-refractivity contribution in [2.24, 2.45) is 5.92 Å². The summed E-state index contributed by atoms with van der Waals surface area (Å²) in [7, 11) is 0. The molecule has 2 nitrogen and oxygen atoms in total. The van der Waals surface area contributed by atoms with Gasteiger partial charge in [0, 0.05) is 12.6 Å². The second kappa shape index (κ2) is 7.20. The highest BCUT2D eigenvalue weighted by Gasteiger charge is 2.09. The molecular weight excluding hydrogens is 222 g/mol. The summed E-state index contributed by atoms with van der Waals surface area (Å²) in [6, 6.07) is 0.850. The Morgan fingerprint density at radius 3 is 2.71 bits per heavy atom. The number of halogens is 2. The number of anilines is 1. The maximum Gasteiger partial charge on any atom is 0.168 e. The van der Waals surface area contributed by atoms with Crippen LogP contribution in [0, 0.1) is 17.6 Å². The Kier molecular flexibility index (Phi) is 5.87. The topological polar surface area (TPSA) is 24.9 Å². The van der Waals surface area contributed by atoms with Crippen molar-refractivity contribution in [2.75, 3.05) is 11.9 Å². The summed E-state index contributed by atoms with van der Waals surface area (Å²) in [5.74, 6) is -0.621. The molecule has 0 amide bonds. The van der Waals surface area contributed by atoms with Crippen LogP contribution >= 0.6 is 0 Å². The number of pyridine rings is 1. The van der Waals surface area contributed by atoms with E-state index in [1.54, 1.807) is 0 Å². The molecule has 1 rings (SSSR count). The lowest BCUT2D eigenvalue weighted by Gasteiger charge is -2.15. The van der Waals surface area contributed by atoms with Gasteiger partial charge in [-0.05, 0) is 12.3 Å². The molecule has 1 N–H and O–H groups in total. The van der Waals surface area contributed by atoms with Crippen LogP contribution in [-0.2, 0) is 0 Å². The normalized spacial score (nSPS) is 12.5. The van der Waals surface area contributed by atoms with E-state index in [0.29, 0.717) is 12.5 Å². The first-order valence-corrected chi connectivity index (χ1v) is 6.22. The molecule has 17 heavy (non-hydrogen) atoms. The van der Waals surface area contributed by atoms with Gasteiger partial charge in [-0.1, -0.05) is 33.1 Å². The lowest BCUT2D eigenvalue weighted by Crippen LogP contribution is -2.15. The van der Waals surface area contributed by atoms with E-state index in [1.165, 1.54) is 12.8 Å². The summed E-state index contributed by atoms with van der Waals surface area (Å²) in [6.45, 7) is 4.96. The Balaban J connectivity index is 2.47. The molecule has 0 aliphatic heterocycles. The van der Waals surface area contributed by atoms with Crippen molar-refractivity contribution in [3.05, 3.63) is 23.9 Å². The minimum atomic E-state index is -0.647. The monoisotopic (exact) mass is 242 g/mol. The zero-order chi connectivity index (χ0) is 12.7. The zero-order valence-corrected chi connectivity index (χ0v) is 10.5. The summed E-state index contributed by atoms with van der Waals surface area (Å²) in [4.78, 5) is 3.70. The van der Waals surface area contributed by atoms with Crippen LogP contribution < -0.4 is 5.32 Å².